The molecule has 0 bridgehead atoms. The molecule has 3 aromatic rings. The number of hydrogen-bond acceptors (Lipinski definition) is 5. The van der Waals surface area contributed by atoms with E-state index in [9.17, 15) is 4.79 Å². The predicted molar refractivity (Wildman–Crippen MR) is 99.0 cm³/mol. The van der Waals surface area contributed by atoms with E-state index in [0.717, 1.165) is 29.2 Å². The first kappa shape index (κ1) is 16.9. The van der Waals surface area contributed by atoms with Gasteiger partial charge in [-0.1, -0.05) is 30.0 Å². The summed E-state index contributed by atoms with van der Waals surface area (Å²) >= 11 is 3.20. The second-order valence-corrected chi connectivity index (χ2v) is 7.62. The van der Waals surface area contributed by atoms with E-state index in [1.807, 2.05) is 29.7 Å². The molecule has 2 aromatic heterocycles. The van der Waals surface area contributed by atoms with Gasteiger partial charge in [-0.2, -0.15) is 0 Å². The third-order valence-corrected chi connectivity index (χ3v) is 5.84. The minimum atomic E-state index is 0.121. The Morgan fingerprint density at radius 3 is 2.88 bits per heavy atom. The average molecular weight is 358 g/mol. The van der Waals surface area contributed by atoms with Crippen molar-refractivity contribution in [2.24, 2.45) is 0 Å². The molecular weight excluding hydrogens is 338 g/mol. The van der Waals surface area contributed by atoms with Crippen LogP contribution < -0.4 is 0 Å². The number of Topliss-reactive ketones (excluding diaryl/α,β-unsaturated/α-hetero) is 1. The summed E-state index contributed by atoms with van der Waals surface area (Å²) in [6.45, 7) is 4.91. The summed E-state index contributed by atoms with van der Waals surface area (Å²) in [7, 11) is 0. The quantitative estimate of drug-likeness (QED) is 0.470. The van der Waals surface area contributed by atoms with E-state index >= 15 is 0 Å². The fourth-order valence-corrected chi connectivity index (χ4v) is 3.86. The van der Waals surface area contributed by atoms with Crippen LogP contribution in [-0.2, 0) is 13.0 Å². The van der Waals surface area contributed by atoms with Crippen LogP contribution in [0.5, 0.6) is 0 Å². The van der Waals surface area contributed by atoms with Crippen LogP contribution in [0.2, 0.25) is 0 Å². The van der Waals surface area contributed by atoms with Crippen molar-refractivity contribution in [3.05, 3.63) is 63.6 Å². The predicted octanol–water partition coefficient (Wildman–Crippen LogP) is 4.17. The number of rotatable bonds is 7. The van der Waals surface area contributed by atoms with E-state index in [2.05, 4.69) is 34.6 Å². The van der Waals surface area contributed by atoms with Gasteiger partial charge in [-0.25, -0.2) is 0 Å². The number of aryl methyl sites for hydroxylation is 4. The van der Waals surface area contributed by atoms with Crippen LogP contribution >= 0.6 is 23.1 Å². The molecule has 0 radical (unpaired) electrons. The Balaban J connectivity index is 1.59. The van der Waals surface area contributed by atoms with Gasteiger partial charge >= 0.3 is 0 Å². The maximum Gasteiger partial charge on any atom is 0.191 e. The van der Waals surface area contributed by atoms with Crippen molar-refractivity contribution < 1.29 is 4.79 Å². The monoisotopic (exact) mass is 357 g/mol. The first-order valence-corrected chi connectivity index (χ1v) is 9.63. The maximum absolute atomic E-state index is 12.4. The highest BCUT2D eigenvalue weighted by Gasteiger charge is 2.11. The van der Waals surface area contributed by atoms with Gasteiger partial charge in [-0.15, -0.1) is 21.5 Å². The molecule has 0 aliphatic carbocycles. The van der Waals surface area contributed by atoms with E-state index < -0.39 is 0 Å². The summed E-state index contributed by atoms with van der Waals surface area (Å²) in [4.78, 5) is 13.7. The Morgan fingerprint density at radius 2 is 2.12 bits per heavy atom. The van der Waals surface area contributed by atoms with Crippen LogP contribution in [0.3, 0.4) is 0 Å². The van der Waals surface area contributed by atoms with Crippen LogP contribution in [0.25, 0.3) is 0 Å². The first-order chi connectivity index (χ1) is 11.6. The topological polar surface area (TPSA) is 47.8 Å². The van der Waals surface area contributed by atoms with Crippen molar-refractivity contribution in [1.29, 1.82) is 0 Å². The summed E-state index contributed by atoms with van der Waals surface area (Å²) in [5.74, 6) is 0.496. The van der Waals surface area contributed by atoms with Gasteiger partial charge in [0.15, 0.2) is 10.9 Å². The summed E-state index contributed by atoms with van der Waals surface area (Å²) in [5, 5.41) is 11.0. The number of thiophene rings is 1. The van der Waals surface area contributed by atoms with Gasteiger partial charge in [0.1, 0.15) is 6.33 Å². The minimum Gasteiger partial charge on any atom is -0.308 e. The number of carbonyl (C=O) groups is 1. The molecule has 6 heteroatoms. The summed E-state index contributed by atoms with van der Waals surface area (Å²) in [5.41, 5.74) is 3.10. The molecular formula is C18H19N3OS2. The van der Waals surface area contributed by atoms with Crippen LogP contribution in [0.4, 0.5) is 0 Å². The highest BCUT2D eigenvalue weighted by atomic mass is 32.2. The maximum atomic E-state index is 12.4. The fourth-order valence-electron chi connectivity index (χ4n) is 2.32. The molecule has 2 heterocycles. The lowest BCUT2D eigenvalue weighted by Gasteiger charge is -2.06. The molecule has 0 saturated carbocycles. The first-order valence-electron chi connectivity index (χ1n) is 7.77. The van der Waals surface area contributed by atoms with Gasteiger partial charge in [0, 0.05) is 17.0 Å². The van der Waals surface area contributed by atoms with E-state index in [-0.39, 0.29) is 5.78 Å². The van der Waals surface area contributed by atoms with Crippen molar-refractivity contribution in [2.45, 2.75) is 32.0 Å². The lowest BCUT2D eigenvalue weighted by molar-refractivity contribution is 0.102. The number of nitrogens with zero attached hydrogens (tertiary/aromatic N) is 3. The van der Waals surface area contributed by atoms with Crippen molar-refractivity contribution in [2.75, 3.05) is 5.75 Å². The molecule has 0 aliphatic rings. The van der Waals surface area contributed by atoms with Crippen molar-refractivity contribution >= 4 is 28.9 Å². The highest BCUT2D eigenvalue weighted by Crippen LogP contribution is 2.19. The zero-order valence-electron chi connectivity index (χ0n) is 13.7. The molecule has 0 atom stereocenters. The SMILES string of the molecule is Cc1ccc(C(=O)CSc2nncn2CCc2cccs2)cc1C. The molecule has 0 fully saturated rings. The van der Waals surface area contributed by atoms with E-state index in [4.69, 9.17) is 0 Å². The molecule has 0 aliphatic heterocycles. The van der Waals surface area contributed by atoms with Crippen LogP contribution in [0.15, 0.2) is 47.2 Å². The Kier molecular flexibility index (Phi) is 5.48. The van der Waals surface area contributed by atoms with Gasteiger partial charge in [0.25, 0.3) is 0 Å². The smallest absolute Gasteiger partial charge is 0.191 e. The number of aromatic nitrogens is 3. The molecule has 0 N–H and O–H groups in total. The minimum absolute atomic E-state index is 0.121. The number of hydrogen-bond donors (Lipinski definition) is 0. The lowest BCUT2D eigenvalue weighted by atomic mass is 10.0. The van der Waals surface area contributed by atoms with E-state index in [1.54, 1.807) is 17.7 Å². The van der Waals surface area contributed by atoms with Crippen molar-refractivity contribution in [1.82, 2.24) is 14.8 Å². The third kappa shape index (κ3) is 4.13. The van der Waals surface area contributed by atoms with Crippen LogP contribution in [0.1, 0.15) is 26.4 Å². The van der Waals surface area contributed by atoms with Gasteiger partial charge < -0.3 is 4.57 Å². The molecule has 1 aromatic carbocycles. The molecule has 124 valence electrons. The molecule has 0 amide bonds. The van der Waals surface area contributed by atoms with Gasteiger partial charge in [0.2, 0.25) is 0 Å². The van der Waals surface area contributed by atoms with Gasteiger partial charge in [0.05, 0.1) is 5.75 Å². The Labute approximate surface area is 149 Å². The number of benzene rings is 1. The molecule has 4 nitrogen and oxygen atoms in total. The van der Waals surface area contributed by atoms with Crippen LogP contribution in [-0.4, -0.2) is 26.3 Å². The second-order valence-electron chi connectivity index (χ2n) is 5.65. The highest BCUT2D eigenvalue weighted by molar-refractivity contribution is 7.99. The fraction of sp³-hybridized carbons (Fsp3) is 0.278. The Morgan fingerprint density at radius 1 is 1.25 bits per heavy atom. The Hall–Kier alpha value is -1.92. The van der Waals surface area contributed by atoms with E-state index in [1.165, 1.54) is 22.2 Å². The second kappa shape index (κ2) is 7.77. The Bertz CT molecular complexity index is 825. The average Bonchev–Trinajstić information content (AvgIpc) is 3.24. The largest absolute Gasteiger partial charge is 0.308 e. The number of thioether (sulfide) groups is 1. The standard InChI is InChI=1S/C18H19N3OS2/c1-13-5-6-15(10-14(13)2)17(22)11-24-18-20-19-12-21(18)8-7-16-4-3-9-23-16/h3-6,9-10,12H,7-8,11H2,1-2H3. The van der Waals surface area contributed by atoms with Crippen LogP contribution in [0, 0.1) is 13.8 Å². The number of carbonyl (C=O) groups excluding carboxylic acids is 1. The molecule has 3 rings (SSSR count). The normalized spacial score (nSPS) is 10.9. The molecule has 0 unspecified atom stereocenters. The van der Waals surface area contributed by atoms with Gasteiger partial charge in [-0.3, -0.25) is 4.79 Å². The molecule has 24 heavy (non-hydrogen) atoms. The van der Waals surface area contributed by atoms with Crippen molar-refractivity contribution in [3.8, 4) is 0 Å². The summed E-state index contributed by atoms with van der Waals surface area (Å²) in [6, 6.07) is 10.0. The van der Waals surface area contributed by atoms with E-state index in [0.29, 0.717) is 5.75 Å². The molecule has 0 spiro atoms. The van der Waals surface area contributed by atoms with Crippen molar-refractivity contribution in [3.63, 3.8) is 0 Å². The van der Waals surface area contributed by atoms with Gasteiger partial charge in [-0.05, 0) is 48.9 Å². The molecule has 0 saturated heterocycles. The zero-order valence-corrected chi connectivity index (χ0v) is 15.4. The lowest BCUT2D eigenvalue weighted by Crippen LogP contribution is -2.06. The summed E-state index contributed by atoms with van der Waals surface area (Å²) in [6.07, 6.45) is 2.69. The number of ketones is 1. The zero-order chi connectivity index (χ0) is 16.9. The third-order valence-electron chi connectivity index (χ3n) is 3.92. The summed E-state index contributed by atoms with van der Waals surface area (Å²) < 4.78 is 2.01.